The number of aromatic nitrogens is 12. The van der Waals surface area contributed by atoms with E-state index in [1.165, 1.54) is 20.1 Å². The summed E-state index contributed by atoms with van der Waals surface area (Å²) >= 11 is 0. The summed E-state index contributed by atoms with van der Waals surface area (Å²) in [5.74, 6) is 1.05. The molecular weight excluding hydrogens is 665 g/mol. The van der Waals surface area contributed by atoms with Crippen LogP contribution in [0.2, 0.25) is 0 Å². The molecule has 8 heterocycles. The predicted molar refractivity (Wildman–Crippen MR) is 214 cm³/mol. The van der Waals surface area contributed by atoms with Crippen LogP contribution in [0.4, 0.5) is 0 Å². The minimum absolute atomic E-state index is 0.259. The number of imidazole rings is 2. The van der Waals surface area contributed by atoms with Crippen molar-refractivity contribution >= 4 is 17.6 Å². The fourth-order valence-electron chi connectivity index (χ4n) is 4.71. The van der Waals surface area contributed by atoms with Gasteiger partial charge in [-0.1, -0.05) is 81.8 Å². The van der Waals surface area contributed by atoms with Gasteiger partial charge in [-0.2, -0.15) is 10.2 Å². The largest absolute Gasteiger partial charge is 0.340 e. The quantitative estimate of drug-likeness (QED) is 0.159. The second-order valence-electron chi connectivity index (χ2n) is 9.51. The number of aryl methyl sites for hydroxylation is 1. The van der Waals surface area contributed by atoms with Gasteiger partial charge in [0.25, 0.3) is 0 Å². The molecule has 0 spiro atoms. The lowest BCUT2D eigenvalue weighted by atomic mass is 10.1. The number of rotatable bonds is 6. The van der Waals surface area contributed by atoms with E-state index in [1.807, 2.05) is 128 Å². The molecule has 13 nitrogen and oxygen atoms in total. The summed E-state index contributed by atoms with van der Waals surface area (Å²) in [6.07, 6.45) is 11.4. The van der Waals surface area contributed by atoms with Crippen molar-refractivity contribution in [3.8, 4) is 45.3 Å². The lowest BCUT2D eigenvalue weighted by molar-refractivity contribution is 0.111. The maximum Gasteiger partial charge on any atom is 0.185 e. The molecule has 0 saturated heterocycles. The van der Waals surface area contributed by atoms with Gasteiger partial charge in [0.1, 0.15) is 24.2 Å². The van der Waals surface area contributed by atoms with E-state index in [0.29, 0.717) is 24.1 Å². The molecule has 53 heavy (non-hydrogen) atoms. The van der Waals surface area contributed by atoms with Crippen molar-refractivity contribution in [1.29, 1.82) is 0 Å². The van der Waals surface area contributed by atoms with Gasteiger partial charge in [-0.15, -0.1) is 0 Å². The molecule has 0 bridgehead atoms. The normalized spacial score (nSPS) is 9.98. The first-order valence-corrected chi connectivity index (χ1v) is 17.6. The molecule has 0 unspecified atom stereocenters. The number of hydrogen-bond donors (Lipinski definition) is 2. The number of aldehydes is 1. The maximum atomic E-state index is 11.1. The van der Waals surface area contributed by atoms with E-state index < -0.39 is 0 Å². The van der Waals surface area contributed by atoms with Crippen LogP contribution in [0.15, 0.2) is 98.1 Å². The Bertz CT molecular complexity index is 2230. The number of hydrogen-bond acceptors (Lipinski definition) is 9. The number of nitrogens with zero attached hydrogens (tertiary/aromatic N) is 10. The fourth-order valence-corrected chi connectivity index (χ4v) is 4.71. The van der Waals surface area contributed by atoms with Gasteiger partial charge < -0.3 is 9.97 Å². The van der Waals surface area contributed by atoms with E-state index in [0.717, 1.165) is 51.0 Å². The number of fused-ring (bicyclic) bond motifs is 2. The Morgan fingerprint density at radius 3 is 1.60 bits per heavy atom. The lowest BCUT2D eigenvalue weighted by Crippen LogP contribution is -1.91. The maximum absolute atomic E-state index is 11.1. The molecule has 278 valence electrons. The molecule has 8 aromatic heterocycles. The van der Waals surface area contributed by atoms with Crippen molar-refractivity contribution in [3.05, 3.63) is 110 Å². The van der Waals surface area contributed by atoms with Crippen LogP contribution in [0.25, 0.3) is 56.6 Å². The number of H-pyrrole nitrogens is 2. The number of pyridine rings is 4. The lowest BCUT2D eigenvalue weighted by Gasteiger charge is -2.02. The molecule has 0 radical (unpaired) electrons. The van der Waals surface area contributed by atoms with Crippen LogP contribution in [-0.4, -0.2) is 65.4 Å². The first-order chi connectivity index (χ1) is 27.2. The van der Waals surface area contributed by atoms with Gasteiger partial charge >= 0.3 is 0 Å². The van der Waals surface area contributed by atoms with E-state index in [-0.39, 0.29) is 12.7 Å². The number of carbonyl (C=O) groups excluding carboxylic acids is 1. The van der Waals surface area contributed by atoms with Gasteiger partial charge in [-0.25, -0.2) is 29.0 Å². The highest BCUT2D eigenvalue weighted by Crippen LogP contribution is 2.30. The highest BCUT2D eigenvalue weighted by atomic mass is 16.1. The van der Waals surface area contributed by atoms with Gasteiger partial charge in [0.05, 0.1) is 28.5 Å². The Labute approximate surface area is 314 Å². The molecule has 2 N–H and O–H groups in total. The van der Waals surface area contributed by atoms with Crippen LogP contribution in [0.5, 0.6) is 0 Å². The Morgan fingerprint density at radius 1 is 0.660 bits per heavy atom. The highest BCUT2D eigenvalue weighted by Gasteiger charge is 2.16. The second-order valence-corrected chi connectivity index (χ2v) is 9.51. The van der Waals surface area contributed by atoms with Crippen molar-refractivity contribution in [2.24, 2.45) is 0 Å². The third-order valence-electron chi connectivity index (χ3n) is 6.76. The van der Waals surface area contributed by atoms with Crippen LogP contribution in [0, 0.1) is 0 Å². The molecule has 8 rings (SSSR count). The third-order valence-corrected chi connectivity index (χ3v) is 6.76. The number of nitrogens with one attached hydrogen (secondary N) is 2. The van der Waals surface area contributed by atoms with Crippen molar-refractivity contribution in [2.75, 3.05) is 0 Å². The van der Waals surface area contributed by atoms with Gasteiger partial charge in [0, 0.05) is 45.1 Å². The van der Waals surface area contributed by atoms with E-state index in [4.69, 9.17) is 2.74 Å². The first kappa shape index (κ1) is 39.4. The minimum Gasteiger partial charge on any atom is -0.340 e. The topological polar surface area (TPSA) is 161 Å². The Hall–Kier alpha value is -6.37. The Balaban J connectivity index is 0.000000311. The molecule has 0 aliphatic rings. The van der Waals surface area contributed by atoms with Gasteiger partial charge in [0.2, 0.25) is 0 Å². The van der Waals surface area contributed by atoms with Crippen LogP contribution < -0.4 is 0 Å². The summed E-state index contributed by atoms with van der Waals surface area (Å²) in [4.78, 5) is 43.4. The monoisotopic (exact) mass is 720 g/mol. The van der Waals surface area contributed by atoms with Crippen molar-refractivity contribution in [1.82, 2.24) is 59.1 Å². The molecule has 0 aromatic carbocycles. The average molecular weight is 721 g/mol. The summed E-state index contributed by atoms with van der Waals surface area (Å²) in [5.41, 5.74) is 7.84. The van der Waals surface area contributed by atoms with E-state index >= 15 is 0 Å². The molecule has 0 fully saturated rings. The molecule has 0 amide bonds. The summed E-state index contributed by atoms with van der Waals surface area (Å²) < 4.78 is 16.5. The van der Waals surface area contributed by atoms with Crippen LogP contribution >= 0.6 is 0 Å². The molecule has 0 aliphatic heterocycles. The van der Waals surface area contributed by atoms with Gasteiger partial charge in [0.15, 0.2) is 23.4 Å². The fraction of sp³-hybridized carbons (Fsp3) is 0.275. The molecule has 0 aliphatic carbocycles. The van der Waals surface area contributed by atoms with Crippen LogP contribution in [0.1, 0.15) is 88.9 Å². The average Bonchev–Trinajstić information content (AvgIpc) is 4.12. The van der Waals surface area contributed by atoms with E-state index in [9.17, 15) is 4.79 Å². The molecular formula is C40H52N12O. The van der Waals surface area contributed by atoms with E-state index in [2.05, 4.69) is 50.1 Å². The van der Waals surface area contributed by atoms with Crippen molar-refractivity contribution < 1.29 is 7.54 Å². The predicted octanol–water partition coefficient (Wildman–Crippen LogP) is 9.48. The van der Waals surface area contributed by atoms with Crippen LogP contribution in [0.3, 0.4) is 0 Å². The minimum atomic E-state index is 0.259. The zero-order chi connectivity index (χ0) is 40.6. The zero-order valence-electron chi connectivity index (χ0n) is 34.1. The zero-order valence-corrected chi connectivity index (χ0v) is 32.1. The molecule has 0 atom stereocenters. The smallest absolute Gasteiger partial charge is 0.185 e. The van der Waals surface area contributed by atoms with Crippen molar-refractivity contribution in [3.63, 3.8) is 0 Å². The van der Waals surface area contributed by atoms with Crippen LogP contribution in [-0.2, 0) is 6.42 Å². The first-order valence-electron chi connectivity index (χ1n) is 19.3. The Kier molecular flexibility index (Phi) is 16.7. The summed E-state index contributed by atoms with van der Waals surface area (Å²) in [7, 11) is 1.25. The summed E-state index contributed by atoms with van der Waals surface area (Å²) in [6, 6.07) is 19.0. The van der Waals surface area contributed by atoms with Gasteiger partial charge in [-0.3, -0.25) is 14.8 Å². The third kappa shape index (κ3) is 10.3. The van der Waals surface area contributed by atoms with Gasteiger partial charge in [-0.05, 0) is 48.5 Å². The highest BCUT2D eigenvalue weighted by molar-refractivity contribution is 5.81. The summed E-state index contributed by atoms with van der Waals surface area (Å²) in [5, 5.41) is 8.29. The SMILES string of the molecule is CC.CC.CC.CC.O=Cc1nc(-c2ccc3ncnn3c2)c(-c2ccccn2)[nH]1.[3H]C.[3H]CCc1nc(-c2ccc3ncnn3c2)c(-c2ccccn2)[nH]1. The second kappa shape index (κ2) is 22.4. The van der Waals surface area contributed by atoms with E-state index in [1.54, 1.807) is 21.4 Å². The summed E-state index contributed by atoms with van der Waals surface area (Å²) in [6.45, 7) is 16.3. The molecule has 0 saturated carbocycles. The standard InChI is InChI=1S/C16H14N6.C15H10N6O.4C2H6.CH4/c1-2-13-20-15(16(21-13)12-5-3-4-8-17-12)11-6-7-14-18-10-19-22(14)9-11;22-8-12-19-14(15(20-12)11-3-1-2-6-16-11)10-4-5-13-17-9-18-21(13)7-10;4*1-2;/h3-10H,2H2,1H3,(H,20,21);1-9H,(H,19,20);4*1-2H3;1H4/i1T;;;;;;1T. The Morgan fingerprint density at radius 2 is 1.15 bits per heavy atom. The number of carbonyl (C=O) groups is 1. The molecule has 8 aromatic rings. The molecule has 13 heteroatoms. The number of aromatic amines is 2. The van der Waals surface area contributed by atoms with Crippen molar-refractivity contribution in [2.45, 2.75) is 76.1 Å².